The van der Waals surface area contributed by atoms with Gasteiger partial charge in [-0.2, -0.15) is 0 Å². The van der Waals surface area contributed by atoms with Crippen LogP contribution in [0.5, 0.6) is 0 Å². The Morgan fingerprint density at radius 2 is 1.85 bits per heavy atom. The smallest absolute Gasteiger partial charge is 0.127 e. The van der Waals surface area contributed by atoms with Crippen molar-refractivity contribution in [3.05, 3.63) is 35.6 Å². The van der Waals surface area contributed by atoms with E-state index in [0.29, 0.717) is 5.41 Å². The van der Waals surface area contributed by atoms with Crippen molar-refractivity contribution in [3.8, 4) is 0 Å². The van der Waals surface area contributed by atoms with Gasteiger partial charge in [-0.05, 0) is 55.7 Å². The molecule has 0 atom stereocenters. The Hall–Kier alpha value is -0.890. The van der Waals surface area contributed by atoms with Gasteiger partial charge in [0.15, 0.2) is 0 Å². The molecule has 0 radical (unpaired) electrons. The van der Waals surface area contributed by atoms with Crippen LogP contribution in [0.15, 0.2) is 24.3 Å². The van der Waals surface area contributed by atoms with Crippen molar-refractivity contribution >= 4 is 0 Å². The van der Waals surface area contributed by atoms with Crippen LogP contribution < -0.4 is 5.32 Å². The summed E-state index contributed by atoms with van der Waals surface area (Å²) in [6.45, 7) is 4.15. The molecule has 3 rings (SSSR count). The van der Waals surface area contributed by atoms with Gasteiger partial charge in [-0.15, -0.1) is 0 Å². The van der Waals surface area contributed by atoms with Gasteiger partial charge in [0.2, 0.25) is 0 Å². The highest BCUT2D eigenvalue weighted by atomic mass is 19.1. The predicted molar refractivity (Wildman–Crippen MR) is 81.4 cm³/mol. The second-order valence-electron chi connectivity index (χ2n) is 7.00. The molecule has 1 spiro atoms. The Labute approximate surface area is 122 Å². The normalized spacial score (nSPS) is 22.9. The molecule has 1 aromatic rings. The van der Waals surface area contributed by atoms with E-state index in [1.54, 1.807) is 12.1 Å². The largest absolute Gasteiger partial charge is 0.316 e. The minimum Gasteiger partial charge on any atom is -0.316 e. The molecule has 1 aromatic carbocycles. The maximum Gasteiger partial charge on any atom is 0.127 e. The summed E-state index contributed by atoms with van der Waals surface area (Å²) in [5.74, 6) is -0.0151. The molecule has 0 heterocycles. The minimum atomic E-state index is -0.0151. The SMILES string of the molecule is CCCNCC1(c2ccccc2F)CC2(CCCC2)C1. The zero-order chi connectivity index (χ0) is 14.1. The van der Waals surface area contributed by atoms with Crippen molar-refractivity contribution in [3.63, 3.8) is 0 Å². The van der Waals surface area contributed by atoms with Crippen molar-refractivity contribution in [2.75, 3.05) is 13.1 Å². The Bertz CT molecular complexity index is 454. The molecule has 110 valence electrons. The van der Waals surface area contributed by atoms with E-state index in [1.807, 2.05) is 12.1 Å². The first-order chi connectivity index (χ1) is 9.70. The van der Waals surface area contributed by atoms with Gasteiger partial charge in [-0.25, -0.2) is 4.39 Å². The van der Waals surface area contributed by atoms with Crippen molar-refractivity contribution in [1.82, 2.24) is 5.32 Å². The second kappa shape index (κ2) is 5.48. The number of hydrogen-bond acceptors (Lipinski definition) is 1. The highest BCUT2D eigenvalue weighted by molar-refractivity contribution is 5.33. The molecule has 2 heteroatoms. The summed E-state index contributed by atoms with van der Waals surface area (Å²) in [4.78, 5) is 0. The monoisotopic (exact) mass is 275 g/mol. The lowest BCUT2D eigenvalue weighted by Crippen LogP contribution is -2.54. The first-order valence-corrected chi connectivity index (χ1v) is 8.16. The third kappa shape index (κ3) is 2.39. The topological polar surface area (TPSA) is 12.0 Å². The summed E-state index contributed by atoms with van der Waals surface area (Å²) in [5, 5.41) is 3.54. The summed E-state index contributed by atoms with van der Waals surface area (Å²) >= 11 is 0. The van der Waals surface area contributed by atoms with Crippen LogP contribution in [0, 0.1) is 11.2 Å². The molecular weight excluding hydrogens is 249 g/mol. The number of halogens is 1. The van der Waals surface area contributed by atoms with Gasteiger partial charge in [-0.3, -0.25) is 0 Å². The number of hydrogen-bond donors (Lipinski definition) is 1. The lowest BCUT2D eigenvalue weighted by molar-refractivity contribution is 0.0248. The van der Waals surface area contributed by atoms with E-state index in [-0.39, 0.29) is 11.2 Å². The molecule has 2 saturated carbocycles. The molecule has 0 amide bonds. The first kappa shape index (κ1) is 14.1. The third-order valence-electron chi connectivity index (χ3n) is 5.43. The van der Waals surface area contributed by atoms with Crippen LogP contribution in [0.1, 0.15) is 57.4 Å². The maximum absolute atomic E-state index is 14.3. The molecule has 2 fully saturated rings. The molecule has 0 aromatic heterocycles. The molecule has 0 saturated heterocycles. The van der Waals surface area contributed by atoms with Gasteiger partial charge in [0.25, 0.3) is 0 Å². The molecule has 0 aliphatic heterocycles. The summed E-state index contributed by atoms with van der Waals surface area (Å²) in [7, 11) is 0. The maximum atomic E-state index is 14.3. The number of nitrogens with one attached hydrogen (secondary N) is 1. The summed E-state index contributed by atoms with van der Waals surface area (Å²) in [5.41, 5.74) is 1.53. The van der Waals surface area contributed by atoms with Crippen LogP contribution in [0.25, 0.3) is 0 Å². The Kier molecular flexibility index (Phi) is 3.85. The van der Waals surface area contributed by atoms with Gasteiger partial charge >= 0.3 is 0 Å². The van der Waals surface area contributed by atoms with Crippen LogP contribution in [0.3, 0.4) is 0 Å². The molecule has 20 heavy (non-hydrogen) atoms. The summed E-state index contributed by atoms with van der Waals surface area (Å²) < 4.78 is 14.3. The molecule has 0 bridgehead atoms. The second-order valence-corrected chi connectivity index (χ2v) is 7.00. The fourth-order valence-electron chi connectivity index (χ4n) is 4.67. The van der Waals surface area contributed by atoms with Crippen LogP contribution in [-0.2, 0) is 5.41 Å². The lowest BCUT2D eigenvalue weighted by atomic mass is 9.49. The fourth-order valence-corrected chi connectivity index (χ4v) is 4.67. The Morgan fingerprint density at radius 1 is 1.15 bits per heavy atom. The van der Waals surface area contributed by atoms with Gasteiger partial charge in [-0.1, -0.05) is 38.0 Å². The highest BCUT2D eigenvalue weighted by Gasteiger charge is 2.56. The molecule has 0 unspecified atom stereocenters. The van der Waals surface area contributed by atoms with Gasteiger partial charge in [0.05, 0.1) is 0 Å². The van der Waals surface area contributed by atoms with Gasteiger partial charge in [0, 0.05) is 12.0 Å². The van der Waals surface area contributed by atoms with Gasteiger partial charge in [0.1, 0.15) is 5.82 Å². The van der Waals surface area contributed by atoms with Crippen molar-refractivity contribution in [2.45, 2.75) is 57.3 Å². The Balaban J connectivity index is 1.80. The van der Waals surface area contributed by atoms with E-state index in [2.05, 4.69) is 12.2 Å². The predicted octanol–water partition coefficient (Wildman–Crippen LogP) is 4.42. The summed E-state index contributed by atoms with van der Waals surface area (Å²) in [6.07, 6.45) is 8.95. The zero-order valence-corrected chi connectivity index (χ0v) is 12.6. The average molecular weight is 275 g/mol. The van der Waals surface area contributed by atoms with E-state index >= 15 is 0 Å². The standard InChI is InChI=1S/C18H26FN/c1-2-11-20-14-18(15-7-3-4-8-16(15)19)12-17(13-18)9-5-6-10-17/h3-4,7-8,20H,2,5-6,9-14H2,1H3. The van der Waals surface area contributed by atoms with Crippen molar-refractivity contribution < 1.29 is 4.39 Å². The Morgan fingerprint density at radius 3 is 2.50 bits per heavy atom. The van der Waals surface area contributed by atoms with Crippen LogP contribution in [0.4, 0.5) is 4.39 Å². The minimum absolute atomic E-state index is 0.0151. The van der Waals surface area contributed by atoms with E-state index in [1.165, 1.54) is 38.5 Å². The van der Waals surface area contributed by atoms with E-state index in [4.69, 9.17) is 0 Å². The molecular formula is C18H26FN. The van der Waals surface area contributed by atoms with E-state index < -0.39 is 0 Å². The molecule has 2 aliphatic carbocycles. The van der Waals surface area contributed by atoms with E-state index in [9.17, 15) is 4.39 Å². The van der Waals surface area contributed by atoms with Gasteiger partial charge < -0.3 is 5.32 Å². The molecule has 1 N–H and O–H groups in total. The highest BCUT2D eigenvalue weighted by Crippen LogP contribution is 2.62. The van der Waals surface area contributed by atoms with Crippen LogP contribution in [-0.4, -0.2) is 13.1 Å². The van der Waals surface area contributed by atoms with Crippen molar-refractivity contribution in [1.29, 1.82) is 0 Å². The van der Waals surface area contributed by atoms with Crippen molar-refractivity contribution in [2.24, 2.45) is 5.41 Å². The van der Waals surface area contributed by atoms with Crippen LogP contribution in [0.2, 0.25) is 0 Å². The number of benzene rings is 1. The quantitative estimate of drug-likeness (QED) is 0.784. The fraction of sp³-hybridized carbons (Fsp3) is 0.667. The number of rotatable bonds is 5. The third-order valence-corrected chi connectivity index (χ3v) is 5.43. The molecule has 1 nitrogen and oxygen atoms in total. The van der Waals surface area contributed by atoms with Crippen LogP contribution >= 0.6 is 0 Å². The lowest BCUT2D eigenvalue weighted by Gasteiger charge is -2.56. The average Bonchev–Trinajstić information content (AvgIpc) is 2.87. The zero-order valence-electron chi connectivity index (χ0n) is 12.6. The summed E-state index contributed by atoms with van der Waals surface area (Å²) in [6, 6.07) is 7.41. The molecule has 2 aliphatic rings. The first-order valence-electron chi connectivity index (χ1n) is 8.16. The van der Waals surface area contributed by atoms with E-state index in [0.717, 1.165) is 25.1 Å².